The molecule has 5 atom stereocenters. The zero-order chi connectivity index (χ0) is 21.6. The normalized spacial score (nSPS) is 34.3. The van der Waals surface area contributed by atoms with E-state index < -0.39 is 5.41 Å². The maximum Gasteiger partial charge on any atom is 0.190 e. The zero-order valence-corrected chi connectivity index (χ0v) is 19.0. The molecule has 0 amide bonds. The standard InChI is InChI=1S/C27H32O2/c1-12-10-11-13(2)21-20(12)17(6)22-18(7)24-15(4)14(3)16(5)26(29)27(24,9)19(8)23(22)25(21)28/h10-11,15,18,22,24H,6H2,1-5,7-9H3/t15-,18+,22?,24?,27+/m1/s1. The highest BCUT2D eigenvalue weighted by atomic mass is 16.1. The van der Waals surface area contributed by atoms with Gasteiger partial charge in [0.05, 0.1) is 5.41 Å². The van der Waals surface area contributed by atoms with Crippen molar-refractivity contribution in [3.63, 3.8) is 0 Å². The maximum atomic E-state index is 13.9. The van der Waals surface area contributed by atoms with Gasteiger partial charge in [-0.05, 0) is 87.1 Å². The molecule has 0 heterocycles. The second kappa shape index (κ2) is 6.14. The summed E-state index contributed by atoms with van der Waals surface area (Å²) in [5.74, 6) is 0.918. The Kier molecular flexibility index (Phi) is 4.25. The van der Waals surface area contributed by atoms with Gasteiger partial charge in [-0.25, -0.2) is 0 Å². The van der Waals surface area contributed by atoms with Crippen LogP contribution in [0, 0.1) is 42.9 Å². The number of allylic oxidation sites excluding steroid dienone is 5. The summed E-state index contributed by atoms with van der Waals surface area (Å²) in [5.41, 5.74) is 8.21. The molecule has 1 aromatic rings. The first kappa shape index (κ1) is 20.1. The van der Waals surface area contributed by atoms with Crippen LogP contribution in [0.4, 0.5) is 0 Å². The van der Waals surface area contributed by atoms with Gasteiger partial charge in [0.2, 0.25) is 0 Å². The van der Waals surface area contributed by atoms with Crippen LogP contribution in [-0.4, -0.2) is 11.6 Å². The molecule has 2 heteroatoms. The van der Waals surface area contributed by atoms with Gasteiger partial charge in [-0.3, -0.25) is 9.59 Å². The molecule has 2 unspecified atom stereocenters. The van der Waals surface area contributed by atoms with Crippen molar-refractivity contribution < 1.29 is 9.59 Å². The largest absolute Gasteiger partial charge is 0.294 e. The van der Waals surface area contributed by atoms with E-state index >= 15 is 0 Å². The molecular weight excluding hydrogens is 356 g/mol. The minimum Gasteiger partial charge on any atom is -0.294 e. The SMILES string of the molecule is C=C1c2c(C)ccc(C)c2C(=O)C2=C(C)[C@]3(C)C(=O)C(C)=C(C)[C@@H](C)C3[C@@H](C)C12. The molecule has 0 bridgehead atoms. The highest BCUT2D eigenvalue weighted by Gasteiger charge is 2.58. The minimum atomic E-state index is -0.626. The lowest BCUT2D eigenvalue weighted by Crippen LogP contribution is -2.54. The molecule has 4 rings (SSSR count). The number of carbonyl (C=O) groups excluding carboxylic acids is 2. The summed E-state index contributed by atoms with van der Waals surface area (Å²) in [5, 5.41) is 0. The summed E-state index contributed by atoms with van der Waals surface area (Å²) >= 11 is 0. The Labute approximate surface area is 174 Å². The molecule has 0 aliphatic heterocycles. The van der Waals surface area contributed by atoms with Crippen LogP contribution in [0.3, 0.4) is 0 Å². The fraction of sp³-hybridized carbons (Fsp3) is 0.481. The van der Waals surface area contributed by atoms with Crippen molar-refractivity contribution in [3.05, 3.63) is 63.3 Å². The van der Waals surface area contributed by atoms with Gasteiger partial charge in [-0.1, -0.05) is 43.7 Å². The fourth-order valence-corrected chi connectivity index (χ4v) is 6.83. The van der Waals surface area contributed by atoms with E-state index in [0.717, 1.165) is 44.5 Å². The maximum absolute atomic E-state index is 13.9. The third kappa shape index (κ3) is 2.23. The molecule has 0 saturated heterocycles. The van der Waals surface area contributed by atoms with Crippen LogP contribution in [0.5, 0.6) is 0 Å². The van der Waals surface area contributed by atoms with E-state index in [4.69, 9.17) is 0 Å². The number of hydrogen-bond acceptors (Lipinski definition) is 2. The number of aryl methyl sites for hydroxylation is 2. The van der Waals surface area contributed by atoms with Crippen molar-refractivity contribution in [1.82, 2.24) is 0 Å². The number of rotatable bonds is 0. The van der Waals surface area contributed by atoms with Crippen molar-refractivity contribution in [1.29, 1.82) is 0 Å². The van der Waals surface area contributed by atoms with Crippen LogP contribution >= 0.6 is 0 Å². The Balaban J connectivity index is 2.07. The van der Waals surface area contributed by atoms with Crippen LogP contribution in [0.15, 0.2) is 41.0 Å². The highest BCUT2D eigenvalue weighted by molar-refractivity contribution is 6.19. The molecule has 3 aliphatic carbocycles. The quantitative estimate of drug-likeness (QED) is 0.525. The van der Waals surface area contributed by atoms with E-state index in [9.17, 15) is 9.59 Å². The van der Waals surface area contributed by atoms with E-state index in [1.54, 1.807) is 0 Å². The minimum absolute atomic E-state index is 0.0185. The van der Waals surface area contributed by atoms with Crippen molar-refractivity contribution >= 4 is 17.1 Å². The number of carbonyl (C=O) groups is 2. The highest BCUT2D eigenvalue weighted by Crippen LogP contribution is 2.61. The van der Waals surface area contributed by atoms with Crippen molar-refractivity contribution in [2.45, 2.75) is 55.4 Å². The average Bonchev–Trinajstić information content (AvgIpc) is 2.67. The molecule has 2 nitrogen and oxygen atoms in total. The van der Waals surface area contributed by atoms with E-state index in [1.165, 1.54) is 5.57 Å². The Morgan fingerprint density at radius 1 is 0.931 bits per heavy atom. The van der Waals surface area contributed by atoms with Crippen LogP contribution in [0.25, 0.3) is 5.57 Å². The lowest BCUT2D eigenvalue weighted by molar-refractivity contribution is -0.129. The van der Waals surface area contributed by atoms with E-state index in [0.29, 0.717) is 5.92 Å². The van der Waals surface area contributed by atoms with Crippen LogP contribution < -0.4 is 0 Å². The summed E-state index contributed by atoms with van der Waals surface area (Å²) in [6.45, 7) is 21.2. The first-order valence-electron chi connectivity index (χ1n) is 10.7. The Morgan fingerprint density at radius 3 is 2.07 bits per heavy atom. The predicted molar refractivity (Wildman–Crippen MR) is 119 cm³/mol. The van der Waals surface area contributed by atoms with Gasteiger partial charge < -0.3 is 0 Å². The summed E-state index contributed by atoms with van der Waals surface area (Å²) in [6, 6.07) is 4.12. The van der Waals surface area contributed by atoms with Gasteiger partial charge in [0.15, 0.2) is 11.6 Å². The Morgan fingerprint density at radius 2 is 1.48 bits per heavy atom. The smallest absolute Gasteiger partial charge is 0.190 e. The first-order valence-corrected chi connectivity index (χ1v) is 10.7. The molecule has 0 fully saturated rings. The van der Waals surface area contributed by atoms with Crippen molar-refractivity contribution in [2.24, 2.45) is 29.1 Å². The van der Waals surface area contributed by atoms with Crippen LogP contribution in [0.1, 0.15) is 68.6 Å². The number of Topliss-reactive ketones (excluding diaryl/α,β-unsaturated/α-hetero) is 2. The number of benzene rings is 1. The predicted octanol–water partition coefficient (Wildman–Crippen LogP) is 6.27. The summed E-state index contributed by atoms with van der Waals surface area (Å²) in [7, 11) is 0. The van der Waals surface area contributed by atoms with Gasteiger partial charge in [0.25, 0.3) is 0 Å². The molecule has 0 spiro atoms. The van der Waals surface area contributed by atoms with Crippen molar-refractivity contribution in [2.75, 3.05) is 0 Å². The van der Waals surface area contributed by atoms with Gasteiger partial charge >= 0.3 is 0 Å². The lowest BCUT2D eigenvalue weighted by atomic mass is 9.46. The zero-order valence-electron chi connectivity index (χ0n) is 19.0. The second-order valence-corrected chi connectivity index (χ2v) is 9.83. The molecule has 0 saturated carbocycles. The Bertz CT molecular complexity index is 1060. The molecule has 29 heavy (non-hydrogen) atoms. The second-order valence-electron chi connectivity index (χ2n) is 9.83. The topological polar surface area (TPSA) is 34.1 Å². The number of hydrogen-bond donors (Lipinski definition) is 0. The third-order valence-corrected chi connectivity index (χ3v) is 8.67. The molecule has 152 valence electrons. The molecule has 3 aliphatic rings. The molecule has 0 aromatic heterocycles. The summed E-state index contributed by atoms with van der Waals surface area (Å²) in [6.07, 6.45) is 0. The fourth-order valence-electron chi connectivity index (χ4n) is 6.83. The first-order chi connectivity index (χ1) is 13.5. The van der Waals surface area contributed by atoms with E-state index in [1.807, 2.05) is 26.8 Å². The van der Waals surface area contributed by atoms with E-state index in [-0.39, 0.29) is 29.3 Å². The van der Waals surface area contributed by atoms with Crippen LogP contribution in [-0.2, 0) is 4.79 Å². The molecular formula is C27H32O2. The van der Waals surface area contributed by atoms with Gasteiger partial charge in [-0.15, -0.1) is 0 Å². The Hall–Kier alpha value is -2.22. The lowest BCUT2D eigenvalue weighted by Gasteiger charge is -2.55. The monoisotopic (exact) mass is 388 g/mol. The van der Waals surface area contributed by atoms with Crippen LogP contribution in [0.2, 0.25) is 0 Å². The van der Waals surface area contributed by atoms with Crippen molar-refractivity contribution in [3.8, 4) is 0 Å². The molecule has 0 N–H and O–H groups in total. The molecule has 0 radical (unpaired) electrons. The van der Waals surface area contributed by atoms with Gasteiger partial charge in [0, 0.05) is 17.1 Å². The number of fused-ring (bicyclic) bond motifs is 3. The van der Waals surface area contributed by atoms with Gasteiger partial charge in [0.1, 0.15) is 0 Å². The summed E-state index contributed by atoms with van der Waals surface area (Å²) < 4.78 is 0. The van der Waals surface area contributed by atoms with E-state index in [2.05, 4.69) is 47.3 Å². The summed E-state index contributed by atoms with van der Waals surface area (Å²) in [4.78, 5) is 27.5. The van der Waals surface area contributed by atoms with Gasteiger partial charge in [-0.2, -0.15) is 0 Å². The number of ketones is 2. The third-order valence-electron chi connectivity index (χ3n) is 8.67. The molecule has 1 aromatic carbocycles. The average molecular weight is 389 g/mol.